The average Bonchev–Trinajstić information content (AvgIpc) is 2.87. The highest BCUT2D eigenvalue weighted by atomic mass is 16.6. The highest BCUT2D eigenvalue weighted by molar-refractivity contribution is 5.89. The molecular weight excluding hydrogens is 298 g/mol. The van der Waals surface area contributed by atoms with Crippen molar-refractivity contribution in [3.63, 3.8) is 0 Å². The van der Waals surface area contributed by atoms with Crippen molar-refractivity contribution in [3.05, 3.63) is 0 Å². The third-order valence-corrected chi connectivity index (χ3v) is 5.14. The molecule has 0 aromatic carbocycles. The quantitative estimate of drug-likeness (QED) is 0.766. The summed E-state index contributed by atoms with van der Waals surface area (Å²) in [4.78, 5) is 41.7. The fraction of sp³-hybridized carbons (Fsp3) is 0.812. The van der Waals surface area contributed by atoms with Crippen molar-refractivity contribution < 1.29 is 19.1 Å². The minimum absolute atomic E-state index is 0.0590. The average molecular weight is 323 g/mol. The van der Waals surface area contributed by atoms with E-state index in [0.717, 1.165) is 12.8 Å². The number of hydrogen-bond donors (Lipinski definition) is 0. The maximum absolute atomic E-state index is 12.6. The predicted octanol–water partition coefficient (Wildman–Crippen LogP) is 0.688. The van der Waals surface area contributed by atoms with Gasteiger partial charge in [0.1, 0.15) is 0 Å². The molecule has 2 heterocycles. The Balaban J connectivity index is 1.50. The Morgan fingerprint density at radius 2 is 1.78 bits per heavy atom. The fourth-order valence-corrected chi connectivity index (χ4v) is 3.53. The third-order valence-electron chi connectivity index (χ3n) is 5.14. The van der Waals surface area contributed by atoms with E-state index in [0.29, 0.717) is 51.8 Å². The first kappa shape index (κ1) is 16.1. The molecule has 128 valence electrons. The number of piperazine rings is 1. The van der Waals surface area contributed by atoms with Crippen molar-refractivity contribution in [3.8, 4) is 0 Å². The lowest BCUT2D eigenvalue weighted by Crippen LogP contribution is -2.52. The Morgan fingerprint density at radius 1 is 1.13 bits per heavy atom. The van der Waals surface area contributed by atoms with Crippen molar-refractivity contribution >= 4 is 17.9 Å². The van der Waals surface area contributed by atoms with Crippen LogP contribution in [0.4, 0.5) is 4.79 Å². The number of hydrogen-bond acceptors (Lipinski definition) is 4. The van der Waals surface area contributed by atoms with Crippen molar-refractivity contribution in [2.75, 3.05) is 39.3 Å². The monoisotopic (exact) mass is 323 g/mol. The summed E-state index contributed by atoms with van der Waals surface area (Å²) >= 11 is 0. The maximum atomic E-state index is 12.6. The normalized spacial score (nSPS) is 25.5. The zero-order valence-electron chi connectivity index (χ0n) is 13.7. The molecule has 1 saturated carbocycles. The molecule has 23 heavy (non-hydrogen) atoms. The molecule has 0 N–H and O–H groups in total. The van der Waals surface area contributed by atoms with Gasteiger partial charge in [0.25, 0.3) is 0 Å². The minimum Gasteiger partial charge on any atom is -0.450 e. The molecule has 0 spiro atoms. The molecule has 0 bridgehead atoms. The van der Waals surface area contributed by atoms with Crippen LogP contribution in [0.3, 0.4) is 0 Å². The summed E-state index contributed by atoms with van der Waals surface area (Å²) in [6.45, 7) is 4.74. The van der Waals surface area contributed by atoms with Gasteiger partial charge in [-0.25, -0.2) is 4.79 Å². The van der Waals surface area contributed by atoms with Crippen LogP contribution in [-0.4, -0.2) is 78.0 Å². The smallest absolute Gasteiger partial charge is 0.409 e. The molecule has 2 aliphatic heterocycles. The zero-order valence-corrected chi connectivity index (χ0v) is 13.7. The Morgan fingerprint density at radius 3 is 2.35 bits per heavy atom. The van der Waals surface area contributed by atoms with Crippen molar-refractivity contribution in [2.45, 2.75) is 38.6 Å². The van der Waals surface area contributed by atoms with Gasteiger partial charge in [0, 0.05) is 45.2 Å². The van der Waals surface area contributed by atoms with Crippen molar-refractivity contribution in [1.82, 2.24) is 14.7 Å². The van der Waals surface area contributed by atoms with Gasteiger partial charge in [0.2, 0.25) is 11.8 Å². The van der Waals surface area contributed by atoms with Crippen molar-refractivity contribution in [1.29, 1.82) is 0 Å². The first-order valence-corrected chi connectivity index (χ1v) is 8.60. The first-order chi connectivity index (χ1) is 11.1. The predicted molar refractivity (Wildman–Crippen MR) is 82.6 cm³/mol. The molecule has 0 aromatic heterocycles. The number of amides is 3. The summed E-state index contributed by atoms with van der Waals surface area (Å²) in [5.74, 6) is -0.0286. The second-order valence-electron chi connectivity index (χ2n) is 6.54. The van der Waals surface area contributed by atoms with E-state index in [2.05, 4.69) is 0 Å². The van der Waals surface area contributed by atoms with E-state index >= 15 is 0 Å². The van der Waals surface area contributed by atoms with Gasteiger partial charge in [-0.2, -0.15) is 0 Å². The molecule has 1 unspecified atom stereocenters. The van der Waals surface area contributed by atoms with Gasteiger partial charge in [-0.15, -0.1) is 0 Å². The standard InChI is InChI=1S/C16H25N3O4/c1-2-23-16(22)18-8-6-17(7-9-18)15(21)12-10-14(20)19(11-12)13-4-3-5-13/h12-13H,2-11H2,1H3. The van der Waals surface area contributed by atoms with Gasteiger partial charge in [0.15, 0.2) is 0 Å². The number of carbonyl (C=O) groups is 3. The van der Waals surface area contributed by atoms with Crippen molar-refractivity contribution in [2.24, 2.45) is 5.92 Å². The fourth-order valence-electron chi connectivity index (χ4n) is 3.53. The summed E-state index contributed by atoms with van der Waals surface area (Å²) in [5, 5.41) is 0. The Kier molecular flexibility index (Phi) is 4.73. The van der Waals surface area contributed by atoms with Gasteiger partial charge in [-0.05, 0) is 26.2 Å². The van der Waals surface area contributed by atoms with E-state index in [9.17, 15) is 14.4 Å². The van der Waals surface area contributed by atoms with Gasteiger partial charge in [0.05, 0.1) is 12.5 Å². The number of ether oxygens (including phenoxy) is 1. The number of likely N-dealkylation sites (tertiary alicyclic amines) is 1. The molecule has 3 rings (SSSR count). The molecule has 2 saturated heterocycles. The van der Waals surface area contributed by atoms with Crippen LogP contribution in [0, 0.1) is 5.92 Å². The van der Waals surface area contributed by atoms with E-state index in [1.165, 1.54) is 6.42 Å². The van der Waals surface area contributed by atoms with Crippen LogP contribution in [0.2, 0.25) is 0 Å². The first-order valence-electron chi connectivity index (χ1n) is 8.60. The van der Waals surface area contributed by atoms with Crippen LogP contribution in [0.1, 0.15) is 32.6 Å². The second kappa shape index (κ2) is 6.76. The van der Waals surface area contributed by atoms with Crippen LogP contribution in [0.25, 0.3) is 0 Å². The highest BCUT2D eigenvalue weighted by Gasteiger charge is 2.41. The Bertz CT molecular complexity index is 484. The van der Waals surface area contributed by atoms with E-state index in [1.807, 2.05) is 4.90 Å². The molecule has 3 aliphatic rings. The summed E-state index contributed by atoms with van der Waals surface area (Å²) < 4.78 is 4.98. The van der Waals surface area contributed by atoms with Gasteiger partial charge >= 0.3 is 6.09 Å². The van der Waals surface area contributed by atoms with E-state index < -0.39 is 0 Å². The van der Waals surface area contributed by atoms with Gasteiger partial charge < -0.3 is 19.4 Å². The SMILES string of the molecule is CCOC(=O)N1CCN(C(=O)C2CC(=O)N(C3CCC3)C2)CC1. The zero-order chi connectivity index (χ0) is 16.4. The Hall–Kier alpha value is -1.79. The molecule has 1 atom stereocenters. The largest absolute Gasteiger partial charge is 0.450 e. The van der Waals surface area contributed by atoms with E-state index in [4.69, 9.17) is 4.74 Å². The number of carbonyl (C=O) groups excluding carboxylic acids is 3. The van der Waals surface area contributed by atoms with Crippen LogP contribution < -0.4 is 0 Å². The molecular formula is C16H25N3O4. The number of nitrogens with zero attached hydrogens (tertiary/aromatic N) is 3. The van der Waals surface area contributed by atoms with Crippen LogP contribution >= 0.6 is 0 Å². The van der Waals surface area contributed by atoms with Crippen LogP contribution in [0.5, 0.6) is 0 Å². The summed E-state index contributed by atoms with van der Waals surface area (Å²) in [6.07, 6.45) is 3.36. The lowest BCUT2D eigenvalue weighted by molar-refractivity contribution is -0.137. The van der Waals surface area contributed by atoms with Gasteiger partial charge in [-0.3, -0.25) is 9.59 Å². The van der Waals surface area contributed by atoms with E-state index in [1.54, 1.807) is 16.7 Å². The molecule has 7 heteroatoms. The summed E-state index contributed by atoms with van der Waals surface area (Å²) in [6, 6.07) is 0.362. The summed E-state index contributed by atoms with van der Waals surface area (Å²) in [5.41, 5.74) is 0. The highest BCUT2D eigenvalue weighted by Crippen LogP contribution is 2.31. The lowest BCUT2D eigenvalue weighted by Gasteiger charge is -2.36. The molecule has 1 aliphatic carbocycles. The second-order valence-corrected chi connectivity index (χ2v) is 6.54. The van der Waals surface area contributed by atoms with E-state index in [-0.39, 0.29) is 23.8 Å². The molecule has 0 aromatic rings. The minimum atomic E-state index is -0.313. The van der Waals surface area contributed by atoms with Gasteiger partial charge in [-0.1, -0.05) is 0 Å². The third kappa shape index (κ3) is 3.28. The molecule has 0 radical (unpaired) electrons. The topological polar surface area (TPSA) is 70.2 Å². The maximum Gasteiger partial charge on any atom is 0.409 e. The molecule has 3 amide bonds. The molecule has 3 fully saturated rings. The molecule has 7 nitrogen and oxygen atoms in total. The lowest BCUT2D eigenvalue weighted by atomic mass is 9.92. The Labute approximate surface area is 136 Å². The van der Waals surface area contributed by atoms with Crippen LogP contribution in [0.15, 0.2) is 0 Å². The van der Waals surface area contributed by atoms with Crippen LogP contribution in [-0.2, 0) is 14.3 Å². The summed E-state index contributed by atoms with van der Waals surface area (Å²) in [7, 11) is 0. The number of rotatable bonds is 3.